The highest BCUT2D eigenvalue weighted by Gasteiger charge is 2.20. The van der Waals surface area contributed by atoms with Gasteiger partial charge in [0.15, 0.2) is 20.4 Å². The molecule has 0 saturated carbocycles. The third kappa shape index (κ3) is 4.21. The molecule has 2 heterocycles. The molecule has 156 valence electrons. The lowest BCUT2D eigenvalue weighted by Gasteiger charge is -2.16. The summed E-state index contributed by atoms with van der Waals surface area (Å²) in [5, 5.41) is 4.84. The first-order valence-corrected chi connectivity index (χ1v) is 10.8. The first-order chi connectivity index (χ1) is 13.8. The molecule has 0 spiro atoms. The highest BCUT2D eigenvalue weighted by atomic mass is 35.5. The van der Waals surface area contributed by atoms with Crippen LogP contribution in [0, 0.1) is 5.82 Å². The van der Waals surface area contributed by atoms with Crippen molar-refractivity contribution in [3.8, 4) is 11.3 Å². The number of nitrogens with zero attached hydrogens (tertiary/aromatic N) is 2. The van der Waals surface area contributed by atoms with Crippen LogP contribution in [-0.4, -0.2) is 24.8 Å². The summed E-state index contributed by atoms with van der Waals surface area (Å²) in [6.07, 6.45) is 1.06. The molecule has 0 radical (unpaired) electrons. The van der Waals surface area contributed by atoms with Crippen molar-refractivity contribution in [1.82, 2.24) is 10.1 Å². The zero-order valence-electron chi connectivity index (χ0n) is 15.9. The maximum atomic E-state index is 14.3. The number of halogens is 2. The van der Waals surface area contributed by atoms with E-state index in [1.54, 1.807) is 0 Å². The smallest absolute Gasteiger partial charge is 0.192 e. The predicted octanol–water partition coefficient (Wildman–Crippen LogP) is 4.10. The third-order valence-corrected chi connectivity index (χ3v) is 5.67. The van der Waals surface area contributed by atoms with Crippen molar-refractivity contribution in [3.05, 3.63) is 77.7 Å². The van der Waals surface area contributed by atoms with Crippen molar-refractivity contribution in [2.75, 3.05) is 6.26 Å². The number of pyridine rings is 1. The van der Waals surface area contributed by atoms with E-state index in [1.807, 2.05) is 48.5 Å². The van der Waals surface area contributed by atoms with E-state index in [9.17, 15) is 12.8 Å². The van der Waals surface area contributed by atoms with Gasteiger partial charge in [0.25, 0.3) is 0 Å². The Balaban J connectivity index is 0.00000256. The molecule has 0 saturated heterocycles. The van der Waals surface area contributed by atoms with E-state index < -0.39 is 21.7 Å². The summed E-state index contributed by atoms with van der Waals surface area (Å²) in [5.41, 5.74) is 9.19. The van der Waals surface area contributed by atoms with Crippen LogP contribution in [-0.2, 0) is 16.3 Å². The van der Waals surface area contributed by atoms with Gasteiger partial charge in [0.2, 0.25) is 0 Å². The molecule has 0 amide bonds. The van der Waals surface area contributed by atoms with E-state index >= 15 is 0 Å². The van der Waals surface area contributed by atoms with Crippen molar-refractivity contribution in [2.24, 2.45) is 5.73 Å². The maximum Gasteiger partial charge on any atom is 0.192 e. The fourth-order valence-electron chi connectivity index (χ4n) is 3.25. The maximum absolute atomic E-state index is 14.3. The molecule has 6 nitrogen and oxygen atoms in total. The Morgan fingerprint density at radius 3 is 2.53 bits per heavy atom. The Labute approximate surface area is 179 Å². The second-order valence-corrected chi connectivity index (χ2v) is 8.74. The molecule has 0 fully saturated rings. The molecule has 2 N–H and O–H groups in total. The first kappa shape index (κ1) is 21.9. The van der Waals surface area contributed by atoms with E-state index in [2.05, 4.69) is 10.1 Å². The summed E-state index contributed by atoms with van der Waals surface area (Å²) in [6.45, 7) is 0. The van der Waals surface area contributed by atoms with Crippen LogP contribution in [0.25, 0.3) is 22.2 Å². The largest absolute Gasteiger partial charge is 0.356 e. The lowest BCUT2D eigenvalue weighted by atomic mass is 9.94. The molecule has 0 aliphatic carbocycles. The molecule has 1 atom stereocenters. The number of hydrogen-bond acceptors (Lipinski definition) is 6. The highest BCUT2D eigenvalue weighted by Crippen LogP contribution is 2.33. The summed E-state index contributed by atoms with van der Waals surface area (Å²) in [4.78, 5) is 3.97. The monoisotopic (exact) mass is 447 g/mol. The molecule has 0 bridgehead atoms. The average molecular weight is 448 g/mol. The van der Waals surface area contributed by atoms with E-state index in [1.165, 1.54) is 0 Å². The van der Waals surface area contributed by atoms with Crippen LogP contribution in [0.15, 0.2) is 70.2 Å². The number of fused-ring (bicyclic) bond motifs is 1. The van der Waals surface area contributed by atoms with Crippen molar-refractivity contribution in [1.29, 1.82) is 0 Å². The van der Waals surface area contributed by atoms with Gasteiger partial charge in [0.1, 0.15) is 11.5 Å². The molecule has 30 heavy (non-hydrogen) atoms. The number of rotatable bonds is 5. The first-order valence-electron chi connectivity index (χ1n) is 8.89. The Morgan fingerprint density at radius 1 is 1.07 bits per heavy atom. The van der Waals surface area contributed by atoms with Gasteiger partial charge >= 0.3 is 0 Å². The van der Waals surface area contributed by atoms with Crippen LogP contribution in [0.5, 0.6) is 0 Å². The SMILES string of the molecule is CS(=O)(=O)c1ccc(F)c(CC(N)c2ccccc2-c2noc3ccccc23)n1.Cl. The number of aromatic nitrogens is 2. The molecule has 2 aromatic carbocycles. The summed E-state index contributed by atoms with van der Waals surface area (Å²) in [7, 11) is -3.55. The fraction of sp³-hybridized carbons (Fsp3) is 0.143. The van der Waals surface area contributed by atoms with Crippen LogP contribution in [0.2, 0.25) is 0 Å². The summed E-state index contributed by atoms with van der Waals surface area (Å²) in [6, 6.07) is 16.5. The molecular formula is C21H19ClFN3O3S. The quantitative estimate of drug-likeness (QED) is 0.494. The van der Waals surface area contributed by atoms with E-state index in [0.29, 0.717) is 11.3 Å². The molecule has 4 rings (SSSR count). The molecule has 0 aliphatic rings. The van der Waals surface area contributed by atoms with Crippen molar-refractivity contribution in [2.45, 2.75) is 17.5 Å². The lowest BCUT2D eigenvalue weighted by molar-refractivity contribution is 0.459. The van der Waals surface area contributed by atoms with Crippen LogP contribution >= 0.6 is 12.4 Å². The van der Waals surface area contributed by atoms with Crippen LogP contribution in [0.1, 0.15) is 17.3 Å². The summed E-state index contributed by atoms with van der Waals surface area (Å²) in [5.74, 6) is -0.600. The molecular weight excluding hydrogens is 429 g/mol. The van der Waals surface area contributed by atoms with Gasteiger partial charge in [-0.2, -0.15) is 0 Å². The van der Waals surface area contributed by atoms with E-state index in [4.69, 9.17) is 10.3 Å². The van der Waals surface area contributed by atoms with Gasteiger partial charge in [-0.1, -0.05) is 41.6 Å². The van der Waals surface area contributed by atoms with Crippen molar-refractivity contribution < 1.29 is 17.3 Å². The van der Waals surface area contributed by atoms with Crippen LogP contribution in [0.3, 0.4) is 0 Å². The Morgan fingerprint density at radius 2 is 1.77 bits per heavy atom. The van der Waals surface area contributed by atoms with E-state index in [0.717, 1.165) is 34.9 Å². The third-order valence-electron chi connectivity index (χ3n) is 4.68. The zero-order chi connectivity index (χ0) is 20.6. The van der Waals surface area contributed by atoms with Crippen LogP contribution < -0.4 is 5.73 Å². The topological polar surface area (TPSA) is 99.1 Å². The second-order valence-electron chi connectivity index (χ2n) is 6.78. The minimum absolute atomic E-state index is 0. The Kier molecular flexibility index (Phi) is 6.21. The minimum atomic E-state index is -3.55. The van der Waals surface area contributed by atoms with Gasteiger partial charge in [-0.05, 0) is 29.8 Å². The zero-order valence-corrected chi connectivity index (χ0v) is 17.6. The number of para-hydroxylation sites is 1. The number of hydrogen-bond donors (Lipinski definition) is 1. The van der Waals surface area contributed by atoms with Crippen LogP contribution in [0.4, 0.5) is 4.39 Å². The number of benzene rings is 2. The van der Waals surface area contributed by atoms with Gasteiger partial charge in [-0.25, -0.2) is 17.8 Å². The van der Waals surface area contributed by atoms with Gasteiger partial charge in [-0.15, -0.1) is 12.4 Å². The van der Waals surface area contributed by atoms with Gasteiger partial charge in [0.05, 0.1) is 5.69 Å². The molecule has 9 heteroatoms. The molecule has 4 aromatic rings. The normalized spacial score (nSPS) is 12.5. The summed E-state index contributed by atoms with van der Waals surface area (Å²) < 4.78 is 43.2. The Hall–Kier alpha value is -2.81. The molecule has 1 unspecified atom stereocenters. The summed E-state index contributed by atoms with van der Waals surface area (Å²) >= 11 is 0. The van der Waals surface area contributed by atoms with Gasteiger partial charge in [-0.3, -0.25) is 0 Å². The molecule has 2 aromatic heterocycles. The van der Waals surface area contributed by atoms with E-state index in [-0.39, 0.29) is 29.5 Å². The van der Waals surface area contributed by atoms with Gasteiger partial charge < -0.3 is 10.3 Å². The number of sulfone groups is 1. The minimum Gasteiger partial charge on any atom is -0.356 e. The average Bonchev–Trinajstić information content (AvgIpc) is 3.13. The molecule has 0 aliphatic heterocycles. The lowest BCUT2D eigenvalue weighted by Crippen LogP contribution is -2.17. The Bertz CT molecular complexity index is 1310. The highest BCUT2D eigenvalue weighted by molar-refractivity contribution is 7.90. The van der Waals surface area contributed by atoms with Gasteiger partial charge in [0, 0.05) is 29.7 Å². The standard InChI is InChI=1S/C21H18FN3O3S.ClH/c1-29(26,27)20-11-10-16(22)18(24-20)12-17(23)13-6-2-3-7-14(13)21-15-8-4-5-9-19(15)28-25-21;/h2-11,17H,12,23H2,1H3;1H. The number of nitrogens with two attached hydrogens (primary N) is 1. The van der Waals surface area contributed by atoms with Crippen molar-refractivity contribution in [3.63, 3.8) is 0 Å². The second kappa shape index (κ2) is 8.51. The predicted molar refractivity (Wildman–Crippen MR) is 115 cm³/mol. The van der Waals surface area contributed by atoms with Crippen molar-refractivity contribution >= 4 is 33.2 Å². The fourth-order valence-corrected chi connectivity index (χ4v) is 3.84.